The van der Waals surface area contributed by atoms with Gasteiger partial charge in [0.15, 0.2) is 5.58 Å². The lowest BCUT2D eigenvalue weighted by Gasteiger charge is -2.19. The first-order valence-electron chi connectivity index (χ1n) is 5.27. The number of nitrogens with two attached hydrogens (primary N) is 1. The van der Waals surface area contributed by atoms with Gasteiger partial charge in [0.2, 0.25) is 0 Å². The molecule has 4 heteroatoms. The molecule has 0 unspecified atom stereocenters. The van der Waals surface area contributed by atoms with Crippen molar-refractivity contribution >= 4 is 11.1 Å². The Morgan fingerprint density at radius 1 is 1.33 bits per heavy atom. The number of hydrogen-bond acceptors (Lipinski definition) is 4. The third-order valence-corrected chi connectivity index (χ3v) is 3.18. The molecule has 0 aromatic carbocycles. The van der Waals surface area contributed by atoms with Crippen molar-refractivity contribution in [1.82, 2.24) is 9.97 Å². The van der Waals surface area contributed by atoms with E-state index in [1.165, 1.54) is 19.2 Å². The van der Waals surface area contributed by atoms with Crippen LogP contribution in [0.1, 0.15) is 31.4 Å². The van der Waals surface area contributed by atoms with Gasteiger partial charge in [-0.05, 0) is 12.8 Å². The molecule has 78 valence electrons. The zero-order valence-corrected chi connectivity index (χ0v) is 8.44. The zero-order valence-electron chi connectivity index (χ0n) is 8.44. The molecule has 2 heterocycles. The maximum atomic E-state index is 6.30. The fraction of sp³-hybridized carbons (Fsp3) is 0.455. The Balaban J connectivity index is 2.11. The molecule has 1 aliphatic carbocycles. The van der Waals surface area contributed by atoms with E-state index in [9.17, 15) is 0 Å². The maximum absolute atomic E-state index is 6.30. The average Bonchev–Trinajstić information content (AvgIpc) is 2.84. The van der Waals surface area contributed by atoms with E-state index in [-0.39, 0.29) is 5.54 Å². The van der Waals surface area contributed by atoms with E-state index >= 15 is 0 Å². The molecular weight excluding hydrogens is 190 g/mol. The Kier molecular flexibility index (Phi) is 1.79. The average molecular weight is 203 g/mol. The second kappa shape index (κ2) is 3.03. The minimum Gasteiger partial charge on any atom is -0.456 e. The molecule has 3 rings (SSSR count). The summed E-state index contributed by atoms with van der Waals surface area (Å²) in [5.41, 5.74) is 7.60. The van der Waals surface area contributed by atoms with Crippen molar-refractivity contribution in [3.8, 4) is 0 Å². The van der Waals surface area contributed by atoms with Crippen LogP contribution in [0.5, 0.6) is 0 Å². The Labute approximate surface area is 87.5 Å². The van der Waals surface area contributed by atoms with Crippen molar-refractivity contribution in [1.29, 1.82) is 0 Å². The second-order valence-corrected chi connectivity index (χ2v) is 4.25. The van der Waals surface area contributed by atoms with Gasteiger partial charge in [0.05, 0.1) is 11.7 Å². The molecule has 0 saturated heterocycles. The van der Waals surface area contributed by atoms with Gasteiger partial charge in [-0.2, -0.15) is 0 Å². The largest absolute Gasteiger partial charge is 0.456 e. The molecule has 2 aromatic heterocycles. The number of nitrogens with zero attached hydrogens (tertiary/aromatic N) is 2. The molecule has 4 nitrogen and oxygen atoms in total. The number of fused-ring (bicyclic) bond motifs is 1. The van der Waals surface area contributed by atoms with E-state index in [1.807, 2.05) is 6.07 Å². The summed E-state index contributed by atoms with van der Waals surface area (Å²) in [6.07, 6.45) is 7.57. The SMILES string of the molecule is NC1(c2cc3ncncc3o2)CCCC1. The lowest BCUT2D eigenvalue weighted by Crippen LogP contribution is -2.32. The number of hydrogen-bond donors (Lipinski definition) is 1. The van der Waals surface area contributed by atoms with E-state index in [4.69, 9.17) is 10.2 Å². The van der Waals surface area contributed by atoms with Crippen molar-refractivity contribution in [3.63, 3.8) is 0 Å². The Hall–Kier alpha value is -1.42. The van der Waals surface area contributed by atoms with Crippen LogP contribution >= 0.6 is 0 Å². The first-order valence-corrected chi connectivity index (χ1v) is 5.27. The van der Waals surface area contributed by atoms with Crippen molar-refractivity contribution < 1.29 is 4.42 Å². The van der Waals surface area contributed by atoms with Crippen LogP contribution in [0.4, 0.5) is 0 Å². The maximum Gasteiger partial charge on any atom is 0.171 e. The quantitative estimate of drug-likeness (QED) is 0.769. The van der Waals surface area contributed by atoms with Crippen molar-refractivity contribution in [3.05, 3.63) is 24.4 Å². The van der Waals surface area contributed by atoms with Crippen LogP contribution in [0.3, 0.4) is 0 Å². The van der Waals surface area contributed by atoms with Crippen molar-refractivity contribution in [2.24, 2.45) is 5.73 Å². The molecule has 0 atom stereocenters. The Bertz CT molecular complexity index is 452. The third kappa shape index (κ3) is 1.33. The molecule has 1 aliphatic rings. The highest BCUT2D eigenvalue weighted by molar-refractivity contribution is 5.72. The Morgan fingerprint density at radius 3 is 2.87 bits per heavy atom. The highest BCUT2D eigenvalue weighted by atomic mass is 16.3. The predicted molar refractivity (Wildman–Crippen MR) is 56.1 cm³/mol. The van der Waals surface area contributed by atoms with E-state index in [1.54, 1.807) is 6.20 Å². The van der Waals surface area contributed by atoms with Gasteiger partial charge in [0.25, 0.3) is 0 Å². The lowest BCUT2D eigenvalue weighted by atomic mass is 9.96. The third-order valence-electron chi connectivity index (χ3n) is 3.18. The highest BCUT2D eigenvalue weighted by Crippen LogP contribution is 2.38. The van der Waals surface area contributed by atoms with Gasteiger partial charge in [-0.3, -0.25) is 0 Å². The number of rotatable bonds is 1. The van der Waals surface area contributed by atoms with Gasteiger partial charge in [0, 0.05) is 6.07 Å². The monoisotopic (exact) mass is 203 g/mol. The first-order chi connectivity index (χ1) is 7.28. The second-order valence-electron chi connectivity index (χ2n) is 4.25. The molecule has 0 amide bonds. The standard InChI is InChI=1S/C11H13N3O/c12-11(3-1-2-4-11)10-5-8-9(15-10)6-13-7-14-8/h5-7H,1-4,12H2. The summed E-state index contributed by atoms with van der Waals surface area (Å²) in [5.74, 6) is 0.857. The summed E-state index contributed by atoms with van der Waals surface area (Å²) in [7, 11) is 0. The summed E-state index contributed by atoms with van der Waals surface area (Å²) in [4.78, 5) is 8.07. The van der Waals surface area contributed by atoms with Crippen molar-refractivity contribution in [2.75, 3.05) is 0 Å². The Morgan fingerprint density at radius 2 is 2.13 bits per heavy atom. The van der Waals surface area contributed by atoms with Gasteiger partial charge >= 0.3 is 0 Å². The summed E-state index contributed by atoms with van der Waals surface area (Å²) in [5, 5.41) is 0. The fourth-order valence-corrected chi connectivity index (χ4v) is 2.28. The van der Waals surface area contributed by atoms with Crippen LogP contribution in [0.25, 0.3) is 11.1 Å². The molecule has 0 radical (unpaired) electrons. The van der Waals surface area contributed by atoms with E-state index < -0.39 is 0 Å². The molecular formula is C11H13N3O. The van der Waals surface area contributed by atoms with Crippen LogP contribution in [0.2, 0.25) is 0 Å². The summed E-state index contributed by atoms with van der Waals surface area (Å²) in [6.45, 7) is 0. The number of aromatic nitrogens is 2. The smallest absolute Gasteiger partial charge is 0.171 e. The summed E-state index contributed by atoms with van der Waals surface area (Å²) < 4.78 is 5.70. The van der Waals surface area contributed by atoms with Crippen LogP contribution < -0.4 is 5.73 Å². The van der Waals surface area contributed by atoms with Gasteiger partial charge < -0.3 is 10.2 Å². The minimum atomic E-state index is -0.277. The molecule has 1 fully saturated rings. The summed E-state index contributed by atoms with van der Waals surface area (Å²) in [6, 6.07) is 1.95. The molecule has 0 bridgehead atoms. The molecule has 15 heavy (non-hydrogen) atoms. The van der Waals surface area contributed by atoms with E-state index in [2.05, 4.69) is 9.97 Å². The van der Waals surface area contributed by atoms with Crippen molar-refractivity contribution in [2.45, 2.75) is 31.2 Å². The molecule has 0 spiro atoms. The molecule has 0 aliphatic heterocycles. The summed E-state index contributed by atoms with van der Waals surface area (Å²) >= 11 is 0. The topological polar surface area (TPSA) is 64.9 Å². The fourth-order valence-electron chi connectivity index (χ4n) is 2.28. The lowest BCUT2D eigenvalue weighted by molar-refractivity contribution is 0.362. The van der Waals surface area contributed by atoms with Gasteiger partial charge in [-0.25, -0.2) is 9.97 Å². The van der Waals surface area contributed by atoms with Crippen LogP contribution in [0.15, 0.2) is 23.0 Å². The molecule has 2 N–H and O–H groups in total. The first kappa shape index (κ1) is 8.85. The highest BCUT2D eigenvalue weighted by Gasteiger charge is 2.34. The minimum absolute atomic E-state index is 0.277. The van der Waals surface area contributed by atoms with Crippen LogP contribution in [-0.2, 0) is 5.54 Å². The van der Waals surface area contributed by atoms with Gasteiger partial charge in [0.1, 0.15) is 17.6 Å². The zero-order chi connectivity index (χ0) is 10.3. The molecule has 2 aromatic rings. The van der Waals surface area contributed by atoms with Crippen LogP contribution in [0, 0.1) is 0 Å². The van der Waals surface area contributed by atoms with Gasteiger partial charge in [-0.1, -0.05) is 12.8 Å². The number of furan rings is 1. The van der Waals surface area contributed by atoms with Gasteiger partial charge in [-0.15, -0.1) is 0 Å². The van der Waals surface area contributed by atoms with Crippen LogP contribution in [-0.4, -0.2) is 9.97 Å². The van der Waals surface area contributed by atoms with E-state index in [0.29, 0.717) is 0 Å². The normalized spacial score (nSPS) is 19.8. The predicted octanol–water partition coefficient (Wildman–Crippen LogP) is 1.95. The molecule has 1 saturated carbocycles. The van der Waals surface area contributed by atoms with E-state index in [0.717, 1.165) is 29.7 Å².